The molecule has 0 heterocycles. The lowest BCUT2D eigenvalue weighted by atomic mass is 10.1. The molecule has 0 radical (unpaired) electrons. The maximum atomic E-state index is 12.9. The topological polar surface area (TPSA) is 40.5 Å². The molecule has 19 heavy (non-hydrogen) atoms. The van der Waals surface area contributed by atoms with Crippen LogP contribution in [0.3, 0.4) is 0 Å². The molecule has 7 heteroatoms. The molecule has 1 N–H and O–H groups in total. The molecule has 0 aliphatic carbocycles. The molecule has 0 unspecified atom stereocenters. The Morgan fingerprint density at radius 3 is 2.47 bits per heavy atom. The van der Waals surface area contributed by atoms with Crippen LogP contribution in [0.25, 0.3) is 0 Å². The summed E-state index contributed by atoms with van der Waals surface area (Å²) in [6.07, 6.45) is -3.05. The molecular formula is C12H13F4NO2. The minimum atomic E-state index is -2.72. The predicted octanol–water partition coefficient (Wildman–Crippen LogP) is 1.59. The van der Waals surface area contributed by atoms with Crippen molar-refractivity contribution in [2.75, 3.05) is 19.7 Å². The van der Waals surface area contributed by atoms with Crippen molar-refractivity contribution in [3.63, 3.8) is 0 Å². The molecule has 1 aromatic carbocycles. The summed E-state index contributed by atoms with van der Waals surface area (Å²) in [6, 6.07) is 2.91. The molecule has 1 aromatic rings. The molecule has 1 amide bonds. The van der Waals surface area contributed by atoms with E-state index in [4.69, 9.17) is 5.11 Å². The first-order valence-electron chi connectivity index (χ1n) is 5.54. The molecule has 3 nitrogen and oxygen atoms in total. The van der Waals surface area contributed by atoms with E-state index in [1.807, 2.05) is 0 Å². The van der Waals surface area contributed by atoms with E-state index in [-0.39, 0.29) is 18.5 Å². The normalized spacial score (nSPS) is 10.8. The summed E-state index contributed by atoms with van der Waals surface area (Å²) in [6.45, 7) is -1.48. The Balaban J connectivity index is 2.72. The van der Waals surface area contributed by atoms with E-state index in [0.717, 1.165) is 17.0 Å². The first-order chi connectivity index (χ1) is 8.93. The number of aliphatic hydroxyl groups excluding tert-OH is 1. The molecule has 0 saturated heterocycles. The first kappa shape index (κ1) is 15.4. The molecule has 0 bridgehead atoms. The van der Waals surface area contributed by atoms with Gasteiger partial charge < -0.3 is 10.0 Å². The smallest absolute Gasteiger partial charge is 0.255 e. The monoisotopic (exact) mass is 279 g/mol. The fourth-order valence-electron chi connectivity index (χ4n) is 1.54. The van der Waals surface area contributed by atoms with Crippen molar-refractivity contribution in [2.24, 2.45) is 0 Å². The number of hydrogen-bond donors (Lipinski definition) is 1. The lowest BCUT2D eigenvalue weighted by Gasteiger charge is -2.21. The van der Waals surface area contributed by atoms with Crippen LogP contribution < -0.4 is 0 Å². The summed E-state index contributed by atoms with van der Waals surface area (Å²) in [5, 5.41) is 8.70. The first-order valence-corrected chi connectivity index (χ1v) is 5.54. The van der Waals surface area contributed by atoms with E-state index >= 15 is 0 Å². The minimum Gasteiger partial charge on any atom is -0.395 e. The van der Waals surface area contributed by atoms with Crippen molar-refractivity contribution in [3.05, 3.63) is 35.4 Å². The van der Waals surface area contributed by atoms with E-state index in [0.29, 0.717) is 0 Å². The quantitative estimate of drug-likeness (QED) is 0.803. The van der Waals surface area contributed by atoms with Gasteiger partial charge in [-0.15, -0.1) is 0 Å². The molecule has 0 fully saturated rings. The Morgan fingerprint density at radius 2 is 1.95 bits per heavy atom. The summed E-state index contributed by atoms with van der Waals surface area (Å²) < 4.78 is 50.1. The number of halogens is 4. The number of carbonyl (C=O) groups is 1. The Morgan fingerprint density at radius 1 is 1.26 bits per heavy atom. The third-order valence-electron chi connectivity index (χ3n) is 2.42. The Labute approximate surface area is 107 Å². The number of alkyl halides is 2. The number of hydrogen-bond acceptors (Lipinski definition) is 2. The van der Waals surface area contributed by atoms with Gasteiger partial charge in [-0.05, 0) is 17.7 Å². The molecular weight excluding hydrogens is 266 g/mol. The highest BCUT2D eigenvalue weighted by Crippen LogP contribution is 2.11. The van der Waals surface area contributed by atoms with E-state index in [1.54, 1.807) is 0 Å². The van der Waals surface area contributed by atoms with Gasteiger partial charge in [-0.2, -0.15) is 0 Å². The van der Waals surface area contributed by atoms with Crippen LogP contribution in [-0.2, 0) is 11.2 Å². The van der Waals surface area contributed by atoms with Crippen LogP contribution in [0.4, 0.5) is 17.6 Å². The second-order valence-corrected chi connectivity index (χ2v) is 3.88. The lowest BCUT2D eigenvalue weighted by molar-refractivity contribution is -0.133. The number of rotatable bonds is 6. The van der Waals surface area contributed by atoms with Gasteiger partial charge >= 0.3 is 0 Å². The molecule has 106 valence electrons. The summed E-state index contributed by atoms with van der Waals surface area (Å²) in [7, 11) is 0. The fourth-order valence-corrected chi connectivity index (χ4v) is 1.54. The predicted molar refractivity (Wildman–Crippen MR) is 59.7 cm³/mol. The third-order valence-corrected chi connectivity index (χ3v) is 2.42. The van der Waals surface area contributed by atoms with Crippen LogP contribution in [0.1, 0.15) is 5.56 Å². The Bertz CT molecular complexity index is 440. The van der Waals surface area contributed by atoms with Crippen LogP contribution >= 0.6 is 0 Å². The van der Waals surface area contributed by atoms with E-state index in [1.165, 1.54) is 6.07 Å². The van der Waals surface area contributed by atoms with Crippen LogP contribution in [0.5, 0.6) is 0 Å². The summed E-state index contributed by atoms with van der Waals surface area (Å²) in [4.78, 5) is 12.5. The zero-order valence-corrected chi connectivity index (χ0v) is 9.95. The maximum Gasteiger partial charge on any atom is 0.255 e. The highest BCUT2D eigenvalue weighted by Gasteiger charge is 2.18. The van der Waals surface area contributed by atoms with Gasteiger partial charge in [0, 0.05) is 6.54 Å². The van der Waals surface area contributed by atoms with Crippen LogP contribution in [0.15, 0.2) is 18.2 Å². The molecule has 0 atom stereocenters. The number of nitrogens with zero attached hydrogens (tertiary/aromatic N) is 1. The maximum absolute atomic E-state index is 12.9. The van der Waals surface area contributed by atoms with E-state index < -0.39 is 37.1 Å². The van der Waals surface area contributed by atoms with Crippen molar-refractivity contribution in [1.29, 1.82) is 0 Å². The largest absolute Gasteiger partial charge is 0.395 e. The van der Waals surface area contributed by atoms with Gasteiger partial charge in [0.25, 0.3) is 6.43 Å². The summed E-state index contributed by atoms with van der Waals surface area (Å²) in [5.41, 5.74) is 0.182. The molecule has 0 aromatic heterocycles. The van der Waals surface area contributed by atoms with Crippen molar-refractivity contribution >= 4 is 5.91 Å². The third kappa shape index (κ3) is 4.86. The van der Waals surface area contributed by atoms with Gasteiger partial charge in [-0.3, -0.25) is 4.79 Å². The molecule has 0 spiro atoms. The summed E-state index contributed by atoms with van der Waals surface area (Å²) >= 11 is 0. The highest BCUT2D eigenvalue weighted by atomic mass is 19.3. The van der Waals surface area contributed by atoms with Crippen LogP contribution in [-0.4, -0.2) is 42.0 Å². The van der Waals surface area contributed by atoms with E-state index in [9.17, 15) is 22.4 Å². The van der Waals surface area contributed by atoms with Gasteiger partial charge in [0.1, 0.15) is 0 Å². The van der Waals surface area contributed by atoms with Crippen molar-refractivity contribution < 1.29 is 27.5 Å². The minimum absolute atomic E-state index is 0.182. The van der Waals surface area contributed by atoms with Gasteiger partial charge in [0.2, 0.25) is 5.91 Å². The van der Waals surface area contributed by atoms with Gasteiger partial charge in [-0.25, -0.2) is 17.6 Å². The van der Waals surface area contributed by atoms with Gasteiger partial charge in [0.15, 0.2) is 11.6 Å². The highest BCUT2D eigenvalue weighted by molar-refractivity contribution is 5.78. The van der Waals surface area contributed by atoms with Crippen molar-refractivity contribution in [2.45, 2.75) is 12.8 Å². The fraction of sp³-hybridized carbons (Fsp3) is 0.417. The number of amides is 1. The molecule has 0 aliphatic rings. The average Bonchev–Trinajstić information content (AvgIpc) is 2.33. The van der Waals surface area contributed by atoms with Gasteiger partial charge in [-0.1, -0.05) is 6.07 Å². The number of aliphatic hydroxyl groups is 1. The van der Waals surface area contributed by atoms with Crippen LogP contribution in [0, 0.1) is 11.6 Å². The summed E-state index contributed by atoms with van der Waals surface area (Å²) in [5.74, 6) is -2.83. The van der Waals surface area contributed by atoms with Crippen LogP contribution in [0.2, 0.25) is 0 Å². The lowest BCUT2D eigenvalue weighted by Crippen LogP contribution is -2.38. The molecule has 0 aliphatic heterocycles. The standard InChI is InChI=1S/C12H13F4NO2/c13-9-2-1-8(5-10(9)14)6-12(19)17(3-4-18)7-11(15)16/h1-2,5,11,18H,3-4,6-7H2. The second kappa shape index (κ2) is 7.08. The zero-order chi connectivity index (χ0) is 14.4. The second-order valence-electron chi connectivity index (χ2n) is 3.88. The SMILES string of the molecule is O=C(Cc1ccc(F)c(F)c1)N(CCO)CC(F)F. The van der Waals surface area contributed by atoms with E-state index in [2.05, 4.69) is 0 Å². The average molecular weight is 279 g/mol. The molecule has 0 saturated carbocycles. The Hall–Kier alpha value is -1.63. The molecule has 1 rings (SSSR count). The van der Waals surface area contributed by atoms with Crippen molar-refractivity contribution in [3.8, 4) is 0 Å². The zero-order valence-electron chi connectivity index (χ0n) is 9.95. The number of benzene rings is 1. The Kier molecular flexibility index (Phi) is 5.75. The van der Waals surface area contributed by atoms with Crippen molar-refractivity contribution in [1.82, 2.24) is 4.90 Å². The number of carbonyl (C=O) groups excluding carboxylic acids is 1. The van der Waals surface area contributed by atoms with Gasteiger partial charge in [0.05, 0.1) is 19.6 Å².